The number of amides is 2. The van der Waals surface area contributed by atoms with Crippen LogP contribution in [0.2, 0.25) is 0 Å². The molecule has 2 atom stereocenters. The predicted molar refractivity (Wildman–Crippen MR) is 90.3 cm³/mol. The quantitative estimate of drug-likeness (QED) is 0.879. The summed E-state index contributed by atoms with van der Waals surface area (Å²) in [6, 6.07) is 9.88. The lowest BCUT2D eigenvalue weighted by Crippen LogP contribution is -2.54. The largest absolute Gasteiger partial charge is 0.366 e. The lowest BCUT2D eigenvalue weighted by atomic mass is 10.1. The summed E-state index contributed by atoms with van der Waals surface area (Å²) >= 11 is 0. The Morgan fingerprint density at radius 1 is 1.25 bits per heavy atom. The van der Waals surface area contributed by atoms with Gasteiger partial charge in [-0.15, -0.1) is 0 Å². The van der Waals surface area contributed by atoms with Crippen LogP contribution in [0, 0.1) is 0 Å². The molecule has 130 valence electrons. The monoisotopic (exact) mass is 331 g/mol. The number of nitrogens with one attached hydrogen (secondary N) is 1. The molecule has 0 bridgehead atoms. The number of carbonyl (C=O) groups excluding carboxylic acids is 2. The molecule has 24 heavy (non-hydrogen) atoms. The number of morpholine rings is 1. The minimum Gasteiger partial charge on any atom is -0.366 e. The molecule has 0 radical (unpaired) electrons. The molecule has 2 unspecified atom stereocenters. The van der Waals surface area contributed by atoms with E-state index in [1.807, 2.05) is 18.2 Å². The summed E-state index contributed by atoms with van der Waals surface area (Å²) in [5.41, 5.74) is 1.23. The summed E-state index contributed by atoms with van der Waals surface area (Å²) in [4.78, 5) is 28.7. The second-order valence-corrected chi connectivity index (χ2v) is 6.38. The molecule has 2 saturated heterocycles. The number of rotatable bonds is 4. The van der Waals surface area contributed by atoms with Crippen LogP contribution < -0.4 is 5.32 Å². The summed E-state index contributed by atoms with van der Waals surface area (Å²) in [6.45, 7) is 3.38. The smallest absolute Gasteiger partial charge is 0.253 e. The standard InChI is InChI=1S/C18H25N3O3/c1-19-17(22)15-8-5-9-21(15)18(23)16-13-20(10-11-24-16)12-14-6-3-2-4-7-14/h2-4,6-7,15-16H,5,8-13H2,1H3,(H,19,22). The Kier molecular flexibility index (Phi) is 5.48. The fraction of sp³-hybridized carbons (Fsp3) is 0.556. The molecule has 1 N–H and O–H groups in total. The summed E-state index contributed by atoms with van der Waals surface area (Å²) in [6.07, 6.45) is 1.11. The first-order valence-electron chi connectivity index (χ1n) is 8.59. The zero-order valence-corrected chi connectivity index (χ0v) is 14.1. The Morgan fingerprint density at radius 2 is 2.04 bits per heavy atom. The predicted octanol–water partition coefficient (Wildman–Crippen LogP) is 0.624. The first-order chi connectivity index (χ1) is 11.7. The number of nitrogens with zero attached hydrogens (tertiary/aromatic N) is 2. The molecular weight excluding hydrogens is 306 g/mol. The van der Waals surface area contributed by atoms with Gasteiger partial charge in [-0.2, -0.15) is 0 Å². The zero-order valence-electron chi connectivity index (χ0n) is 14.1. The summed E-state index contributed by atoms with van der Waals surface area (Å²) in [5, 5.41) is 2.65. The Hall–Kier alpha value is -1.92. The Balaban J connectivity index is 1.61. The second kappa shape index (κ2) is 7.77. The van der Waals surface area contributed by atoms with Crippen LogP contribution in [-0.2, 0) is 20.9 Å². The van der Waals surface area contributed by atoms with Crippen molar-refractivity contribution in [3.63, 3.8) is 0 Å². The second-order valence-electron chi connectivity index (χ2n) is 6.38. The van der Waals surface area contributed by atoms with Crippen molar-refractivity contribution in [3.05, 3.63) is 35.9 Å². The highest BCUT2D eigenvalue weighted by Gasteiger charge is 2.38. The van der Waals surface area contributed by atoms with Crippen molar-refractivity contribution in [2.45, 2.75) is 31.5 Å². The van der Waals surface area contributed by atoms with Crippen LogP contribution in [-0.4, -0.2) is 67.0 Å². The van der Waals surface area contributed by atoms with Gasteiger partial charge in [0, 0.05) is 33.2 Å². The van der Waals surface area contributed by atoms with Gasteiger partial charge in [-0.25, -0.2) is 0 Å². The van der Waals surface area contributed by atoms with Gasteiger partial charge in [0.2, 0.25) is 5.91 Å². The lowest BCUT2D eigenvalue weighted by Gasteiger charge is -2.35. The molecule has 2 amide bonds. The first-order valence-corrected chi connectivity index (χ1v) is 8.59. The number of benzene rings is 1. The maximum atomic E-state index is 12.8. The van der Waals surface area contributed by atoms with Gasteiger partial charge in [-0.3, -0.25) is 14.5 Å². The lowest BCUT2D eigenvalue weighted by molar-refractivity contribution is -0.153. The fourth-order valence-corrected chi connectivity index (χ4v) is 3.49. The highest BCUT2D eigenvalue weighted by atomic mass is 16.5. The van der Waals surface area contributed by atoms with E-state index in [0.717, 1.165) is 25.9 Å². The van der Waals surface area contributed by atoms with Crippen molar-refractivity contribution in [3.8, 4) is 0 Å². The van der Waals surface area contributed by atoms with Crippen molar-refractivity contribution in [1.82, 2.24) is 15.1 Å². The van der Waals surface area contributed by atoms with Crippen LogP contribution in [0.15, 0.2) is 30.3 Å². The van der Waals surface area contributed by atoms with E-state index in [9.17, 15) is 9.59 Å². The van der Waals surface area contributed by atoms with Gasteiger partial charge in [0.15, 0.2) is 0 Å². The van der Waals surface area contributed by atoms with Crippen LogP contribution in [0.25, 0.3) is 0 Å². The van der Waals surface area contributed by atoms with Gasteiger partial charge in [-0.05, 0) is 18.4 Å². The van der Waals surface area contributed by atoms with Gasteiger partial charge in [0.1, 0.15) is 12.1 Å². The van der Waals surface area contributed by atoms with Gasteiger partial charge in [0.25, 0.3) is 5.91 Å². The molecule has 2 heterocycles. The van der Waals surface area contributed by atoms with E-state index < -0.39 is 6.10 Å². The van der Waals surface area contributed by atoms with Crippen LogP contribution in [0.4, 0.5) is 0 Å². The van der Waals surface area contributed by atoms with Crippen molar-refractivity contribution in [2.75, 3.05) is 33.3 Å². The SMILES string of the molecule is CNC(=O)C1CCCN1C(=O)C1CN(Cc2ccccc2)CCO1. The summed E-state index contributed by atoms with van der Waals surface area (Å²) in [7, 11) is 1.61. The number of carbonyl (C=O) groups is 2. The third-order valence-corrected chi connectivity index (χ3v) is 4.76. The Morgan fingerprint density at radius 3 is 2.79 bits per heavy atom. The van der Waals surface area contributed by atoms with E-state index in [-0.39, 0.29) is 17.9 Å². The molecule has 0 aromatic heterocycles. The van der Waals surface area contributed by atoms with Crippen LogP contribution >= 0.6 is 0 Å². The average molecular weight is 331 g/mol. The van der Waals surface area contributed by atoms with E-state index in [1.165, 1.54) is 5.56 Å². The number of hydrogen-bond acceptors (Lipinski definition) is 4. The molecular formula is C18H25N3O3. The molecule has 3 rings (SSSR count). The third kappa shape index (κ3) is 3.76. The molecule has 0 aliphatic carbocycles. The number of ether oxygens (including phenoxy) is 1. The number of hydrogen-bond donors (Lipinski definition) is 1. The molecule has 6 nitrogen and oxygen atoms in total. The molecule has 2 aliphatic rings. The van der Waals surface area contributed by atoms with E-state index in [1.54, 1.807) is 11.9 Å². The van der Waals surface area contributed by atoms with Crippen molar-refractivity contribution >= 4 is 11.8 Å². The topological polar surface area (TPSA) is 61.9 Å². The van der Waals surface area contributed by atoms with Crippen molar-refractivity contribution in [2.24, 2.45) is 0 Å². The maximum Gasteiger partial charge on any atom is 0.253 e. The molecule has 6 heteroatoms. The van der Waals surface area contributed by atoms with E-state index >= 15 is 0 Å². The van der Waals surface area contributed by atoms with Gasteiger partial charge in [-0.1, -0.05) is 30.3 Å². The molecule has 0 spiro atoms. The van der Waals surface area contributed by atoms with E-state index in [2.05, 4.69) is 22.3 Å². The number of likely N-dealkylation sites (tertiary alicyclic amines) is 1. The Labute approximate surface area is 142 Å². The summed E-state index contributed by atoms with van der Waals surface area (Å²) in [5.74, 6) is -0.142. The summed E-state index contributed by atoms with van der Waals surface area (Å²) < 4.78 is 5.72. The van der Waals surface area contributed by atoms with Crippen LogP contribution in [0.1, 0.15) is 18.4 Å². The van der Waals surface area contributed by atoms with Gasteiger partial charge >= 0.3 is 0 Å². The van der Waals surface area contributed by atoms with Crippen LogP contribution in [0.5, 0.6) is 0 Å². The minimum absolute atomic E-state index is 0.0566. The minimum atomic E-state index is -0.479. The molecule has 1 aromatic rings. The first kappa shape index (κ1) is 16.9. The molecule has 1 aromatic carbocycles. The number of likely N-dealkylation sites (N-methyl/N-ethyl adjacent to an activating group) is 1. The van der Waals surface area contributed by atoms with Crippen molar-refractivity contribution in [1.29, 1.82) is 0 Å². The fourth-order valence-electron chi connectivity index (χ4n) is 3.49. The maximum absolute atomic E-state index is 12.8. The highest BCUT2D eigenvalue weighted by molar-refractivity contribution is 5.90. The van der Waals surface area contributed by atoms with Crippen molar-refractivity contribution < 1.29 is 14.3 Å². The normalized spacial score (nSPS) is 24.8. The zero-order chi connectivity index (χ0) is 16.9. The highest BCUT2D eigenvalue weighted by Crippen LogP contribution is 2.21. The average Bonchev–Trinajstić information content (AvgIpc) is 3.11. The van der Waals surface area contributed by atoms with E-state index in [0.29, 0.717) is 19.7 Å². The Bertz CT molecular complexity index is 578. The third-order valence-electron chi connectivity index (χ3n) is 4.76. The van der Waals surface area contributed by atoms with Crippen LogP contribution in [0.3, 0.4) is 0 Å². The van der Waals surface area contributed by atoms with E-state index in [4.69, 9.17) is 4.74 Å². The molecule has 2 aliphatic heterocycles. The van der Waals surface area contributed by atoms with Gasteiger partial charge < -0.3 is 15.0 Å². The van der Waals surface area contributed by atoms with Gasteiger partial charge in [0.05, 0.1) is 6.61 Å². The molecule has 2 fully saturated rings. The molecule has 0 saturated carbocycles.